The Kier molecular flexibility index (Phi) is 2.40. The average Bonchev–Trinajstić information content (AvgIpc) is 2.30. The van der Waals surface area contributed by atoms with Gasteiger partial charge in [-0.05, 0) is 18.4 Å². The molecule has 84 valence electrons. The van der Waals surface area contributed by atoms with Crippen LogP contribution in [0.3, 0.4) is 0 Å². The molecule has 2 heterocycles. The Labute approximate surface area is 95.4 Å². The van der Waals surface area contributed by atoms with Crippen molar-refractivity contribution in [2.75, 3.05) is 13.1 Å². The van der Waals surface area contributed by atoms with Gasteiger partial charge in [-0.3, -0.25) is 9.69 Å². The van der Waals surface area contributed by atoms with Crippen LogP contribution in [-0.2, 0) is 4.79 Å². The van der Waals surface area contributed by atoms with Gasteiger partial charge in [0, 0.05) is 18.6 Å². The molecule has 3 heteroatoms. The van der Waals surface area contributed by atoms with Crippen molar-refractivity contribution in [2.24, 2.45) is 0 Å². The van der Waals surface area contributed by atoms with Gasteiger partial charge in [-0.25, -0.2) is 0 Å². The first-order valence-corrected chi connectivity index (χ1v) is 5.91. The molecule has 2 aliphatic heterocycles. The largest absolute Gasteiger partial charge is 0.351 e. The zero-order valence-electron chi connectivity index (χ0n) is 9.23. The van der Waals surface area contributed by atoms with Crippen LogP contribution >= 0.6 is 0 Å². The molecule has 1 N–H and O–H groups in total. The third-order valence-corrected chi connectivity index (χ3v) is 3.58. The predicted molar refractivity (Wildman–Crippen MR) is 61.9 cm³/mol. The second-order valence-electron chi connectivity index (χ2n) is 4.70. The van der Waals surface area contributed by atoms with Gasteiger partial charge >= 0.3 is 0 Å². The Morgan fingerprint density at radius 2 is 2.00 bits per heavy atom. The Balaban J connectivity index is 1.84. The van der Waals surface area contributed by atoms with E-state index in [1.54, 1.807) is 0 Å². The van der Waals surface area contributed by atoms with Crippen molar-refractivity contribution in [2.45, 2.75) is 24.9 Å². The van der Waals surface area contributed by atoms with E-state index in [0.29, 0.717) is 18.6 Å². The maximum atomic E-state index is 11.5. The monoisotopic (exact) mass is 216 g/mol. The second kappa shape index (κ2) is 3.91. The number of hydrogen-bond acceptors (Lipinski definition) is 2. The molecule has 0 radical (unpaired) electrons. The van der Waals surface area contributed by atoms with Crippen molar-refractivity contribution in [3.8, 4) is 0 Å². The number of benzene rings is 1. The van der Waals surface area contributed by atoms with E-state index in [4.69, 9.17) is 0 Å². The number of piperidine rings is 1. The molecule has 3 rings (SSSR count). The topological polar surface area (TPSA) is 32.3 Å². The maximum absolute atomic E-state index is 11.5. The molecule has 0 spiro atoms. The minimum absolute atomic E-state index is 0.178. The number of fused-ring (bicyclic) bond motifs is 2. The van der Waals surface area contributed by atoms with E-state index >= 15 is 0 Å². The van der Waals surface area contributed by atoms with Crippen molar-refractivity contribution in [1.82, 2.24) is 10.2 Å². The van der Waals surface area contributed by atoms with Gasteiger partial charge in [0.2, 0.25) is 5.91 Å². The van der Waals surface area contributed by atoms with E-state index in [1.807, 2.05) is 6.07 Å². The zero-order valence-corrected chi connectivity index (χ0v) is 9.23. The lowest BCUT2D eigenvalue weighted by molar-refractivity contribution is -0.128. The number of rotatable bonds is 1. The lowest BCUT2D eigenvalue weighted by Crippen LogP contribution is -2.57. The van der Waals surface area contributed by atoms with Crippen LogP contribution in [0, 0.1) is 0 Å². The van der Waals surface area contributed by atoms with Gasteiger partial charge in [0.25, 0.3) is 0 Å². The third-order valence-electron chi connectivity index (χ3n) is 3.58. The first kappa shape index (κ1) is 9.85. The summed E-state index contributed by atoms with van der Waals surface area (Å²) < 4.78 is 0. The molecule has 0 aliphatic carbocycles. The summed E-state index contributed by atoms with van der Waals surface area (Å²) in [5.74, 6) is 0.178. The van der Waals surface area contributed by atoms with E-state index in [2.05, 4.69) is 34.5 Å². The van der Waals surface area contributed by atoms with E-state index < -0.39 is 0 Å². The van der Waals surface area contributed by atoms with Crippen molar-refractivity contribution in [3.05, 3.63) is 35.9 Å². The van der Waals surface area contributed by atoms with Crippen molar-refractivity contribution in [3.63, 3.8) is 0 Å². The minimum Gasteiger partial charge on any atom is -0.351 e. The van der Waals surface area contributed by atoms with Crippen molar-refractivity contribution >= 4 is 5.91 Å². The van der Waals surface area contributed by atoms with E-state index in [-0.39, 0.29) is 5.91 Å². The molecule has 1 unspecified atom stereocenters. The predicted octanol–water partition coefficient (Wildman–Crippen LogP) is 1.32. The summed E-state index contributed by atoms with van der Waals surface area (Å²) in [5.41, 5.74) is 1.34. The van der Waals surface area contributed by atoms with Crippen LogP contribution in [0.2, 0.25) is 0 Å². The van der Waals surface area contributed by atoms with Crippen LogP contribution in [-0.4, -0.2) is 29.9 Å². The molecule has 0 aromatic heterocycles. The lowest BCUT2D eigenvalue weighted by atomic mass is 9.91. The number of hydrogen-bond donors (Lipinski definition) is 1. The highest BCUT2D eigenvalue weighted by molar-refractivity contribution is 5.79. The Morgan fingerprint density at radius 3 is 2.81 bits per heavy atom. The van der Waals surface area contributed by atoms with E-state index in [0.717, 1.165) is 19.4 Å². The summed E-state index contributed by atoms with van der Waals surface area (Å²) in [6.45, 7) is 1.56. The quantitative estimate of drug-likeness (QED) is 0.768. The molecule has 0 saturated carbocycles. The number of nitrogens with one attached hydrogen (secondary N) is 1. The van der Waals surface area contributed by atoms with E-state index in [9.17, 15) is 4.79 Å². The summed E-state index contributed by atoms with van der Waals surface area (Å²) in [6, 6.07) is 11.3. The van der Waals surface area contributed by atoms with Crippen LogP contribution in [0.25, 0.3) is 0 Å². The van der Waals surface area contributed by atoms with Gasteiger partial charge in [-0.2, -0.15) is 0 Å². The molecule has 3 nitrogen and oxygen atoms in total. The molecule has 3 atom stereocenters. The highest BCUT2D eigenvalue weighted by Gasteiger charge is 2.34. The highest BCUT2D eigenvalue weighted by Crippen LogP contribution is 2.31. The molecular formula is C13H16N2O. The van der Waals surface area contributed by atoms with Gasteiger partial charge in [0.1, 0.15) is 0 Å². The normalized spacial score (nSPS) is 33.2. The van der Waals surface area contributed by atoms with Crippen LogP contribution < -0.4 is 5.32 Å². The Hall–Kier alpha value is -1.35. The molecule has 2 aliphatic rings. The van der Waals surface area contributed by atoms with Crippen LogP contribution in [0.1, 0.15) is 24.4 Å². The SMILES string of the molecule is O=C1CN2C[C@H](CC[C@H]2c2ccccc2)N1. The molecule has 1 aromatic carbocycles. The zero-order chi connectivity index (χ0) is 11.0. The van der Waals surface area contributed by atoms with Crippen molar-refractivity contribution in [1.29, 1.82) is 0 Å². The molecule has 2 bridgehead atoms. The van der Waals surface area contributed by atoms with Crippen LogP contribution in [0.4, 0.5) is 0 Å². The fourth-order valence-electron chi connectivity index (χ4n) is 2.85. The minimum atomic E-state index is 0.178. The first-order chi connectivity index (χ1) is 7.83. The van der Waals surface area contributed by atoms with Gasteiger partial charge in [-0.1, -0.05) is 30.3 Å². The molecule has 2 saturated heterocycles. The molecule has 16 heavy (non-hydrogen) atoms. The lowest BCUT2D eigenvalue weighted by Gasteiger charge is -2.43. The first-order valence-electron chi connectivity index (χ1n) is 5.91. The van der Waals surface area contributed by atoms with Crippen molar-refractivity contribution < 1.29 is 4.79 Å². The average molecular weight is 216 g/mol. The summed E-state index contributed by atoms with van der Waals surface area (Å²) in [6.07, 6.45) is 2.25. The van der Waals surface area contributed by atoms with Crippen LogP contribution in [0.15, 0.2) is 30.3 Å². The summed E-state index contributed by atoms with van der Waals surface area (Å²) >= 11 is 0. The van der Waals surface area contributed by atoms with Crippen LogP contribution in [0.5, 0.6) is 0 Å². The second-order valence-corrected chi connectivity index (χ2v) is 4.70. The standard InChI is InChI=1S/C13H16N2O/c16-13-9-15-8-11(14-13)6-7-12(15)10-4-2-1-3-5-10/h1-5,11-12H,6-9H2,(H,14,16)/t11-,12-/m0/s1. The molecular weight excluding hydrogens is 200 g/mol. The Bertz CT molecular complexity index is 390. The van der Waals surface area contributed by atoms with Gasteiger partial charge < -0.3 is 5.32 Å². The number of amides is 1. The highest BCUT2D eigenvalue weighted by atomic mass is 16.2. The number of carbonyl (C=O) groups excluding carboxylic acids is 1. The maximum Gasteiger partial charge on any atom is 0.234 e. The number of piperazine rings is 1. The smallest absolute Gasteiger partial charge is 0.234 e. The summed E-state index contributed by atoms with van der Waals surface area (Å²) in [5, 5.41) is 3.04. The summed E-state index contributed by atoms with van der Waals surface area (Å²) in [7, 11) is 0. The number of carbonyl (C=O) groups is 1. The fraction of sp³-hybridized carbons (Fsp3) is 0.462. The molecule has 2 fully saturated rings. The molecule has 1 amide bonds. The number of nitrogens with zero attached hydrogens (tertiary/aromatic N) is 1. The third kappa shape index (κ3) is 1.71. The van der Waals surface area contributed by atoms with Gasteiger partial charge in [0.15, 0.2) is 0 Å². The van der Waals surface area contributed by atoms with Gasteiger partial charge in [-0.15, -0.1) is 0 Å². The summed E-state index contributed by atoms with van der Waals surface area (Å²) in [4.78, 5) is 13.8. The fourth-order valence-corrected chi connectivity index (χ4v) is 2.85. The molecule has 1 aromatic rings. The van der Waals surface area contributed by atoms with E-state index in [1.165, 1.54) is 5.56 Å². The Morgan fingerprint density at radius 1 is 1.19 bits per heavy atom. The van der Waals surface area contributed by atoms with Gasteiger partial charge in [0.05, 0.1) is 6.54 Å².